The minimum atomic E-state index is -4.53. The van der Waals surface area contributed by atoms with Gasteiger partial charge >= 0.3 is 6.18 Å². The summed E-state index contributed by atoms with van der Waals surface area (Å²) in [6.45, 7) is 1.49. The van der Waals surface area contributed by atoms with Crippen LogP contribution in [0.4, 0.5) is 18.9 Å². The summed E-state index contributed by atoms with van der Waals surface area (Å²) in [5.74, 6) is 0.175. The highest BCUT2D eigenvalue weighted by atomic mass is 19.4. The van der Waals surface area contributed by atoms with E-state index in [1.165, 1.54) is 19.1 Å². The summed E-state index contributed by atoms with van der Waals surface area (Å²) in [4.78, 5) is 14.7. The van der Waals surface area contributed by atoms with Gasteiger partial charge in [-0.2, -0.15) is 13.2 Å². The van der Waals surface area contributed by atoms with Gasteiger partial charge in [0, 0.05) is 12.5 Å². The number of aliphatic imine (C=N–C) groups is 1. The summed E-state index contributed by atoms with van der Waals surface area (Å²) in [6, 6.07) is 3.59. The molecule has 3 nitrogen and oxygen atoms in total. The number of halogens is 3. The number of nitrogens with zero attached hydrogens (tertiary/aromatic N) is 1. The van der Waals surface area contributed by atoms with Crippen molar-refractivity contribution >= 4 is 17.9 Å². The van der Waals surface area contributed by atoms with Gasteiger partial charge in [0.15, 0.2) is 18.3 Å². The second-order valence-electron chi connectivity index (χ2n) is 3.54. The molecule has 0 radical (unpaired) electrons. The SMILES string of the molecule is CC1=Nc2cccc(C(F)(F)F)c2C(C=O)O1. The lowest BCUT2D eigenvalue weighted by Gasteiger charge is -2.24. The Morgan fingerprint density at radius 2 is 2.12 bits per heavy atom. The molecular formula is C11H8F3NO2. The zero-order chi connectivity index (χ0) is 12.6. The third-order valence-electron chi connectivity index (χ3n) is 2.37. The van der Waals surface area contributed by atoms with Gasteiger partial charge in [0.2, 0.25) is 0 Å². The molecule has 0 spiro atoms. The molecule has 1 heterocycles. The van der Waals surface area contributed by atoms with Gasteiger partial charge in [-0.25, -0.2) is 4.99 Å². The van der Waals surface area contributed by atoms with Crippen LogP contribution in [0.15, 0.2) is 23.2 Å². The number of rotatable bonds is 1. The molecular weight excluding hydrogens is 235 g/mol. The monoisotopic (exact) mass is 243 g/mol. The maximum absolute atomic E-state index is 12.8. The average Bonchev–Trinajstić information content (AvgIpc) is 2.25. The lowest BCUT2D eigenvalue weighted by molar-refractivity contribution is -0.139. The Hall–Kier alpha value is -1.85. The third-order valence-corrected chi connectivity index (χ3v) is 2.37. The predicted molar refractivity (Wildman–Crippen MR) is 54.1 cm³/mol. The van der Waals surface area contributed by atoms with Crippen LogP contribution in [0.5, 0.6) is 0 Å². The minimum Gasteiger partial charge on any atom is -0.465 e. The van der Waals surface area contributed by atoms with Crippen LogP contribution in [0.25, 0.3) is 0 Å². The van der Waals surface area contributed by atoms with Crippen LogP contribution in [0, 0.1) is 0 Å². The maximum Gasteiger partial charge on any atom is 0.416 e. The number of ether oxygens (including phenoxy) is 1. The molecule has 0 fully saturated rings. The molecule has 0 bridgehead atoms. The standard InChI is InChI=1S/C11H8F3NO2/c1-6-15-8-4-2-3-7(11(12,13)14)10(8)9(5-16)17-6/h2-5,9H,1H3. The van der Waals surface area contributed by atoms with Crippen molar-refractivity contribution in [1.82, 2.24) is 0 Å². The van der Waals surface area contributed by atoms with E-state index >= 15 is 0 Å². The topological polar surface area (TPSA) is 38.7 Å². The number of hydrogen-bond donors (Lipinski definition) is 0. The number of aldehydes is 1. The first kappa shape index (κ1) is 11.6. The van der Waals surface area contributed by atoms with Crippen LogP contribution in [-0.2, 0) is 15.7 Å². The van der Waals surface area contributed by atoms with Crippen LogP contribution in [0.2, 0.25) is 0 Å². The molecule has 1 unspecified atom stereocenters. The lowest BCUT2D eigenvalue weighted by atomic mass is 9.99. The lowest BCUT2D eigenvalue weighted by Crippen LogP contribution is -2.19. The van der Waals surface area contributed by atoms with Crippen LogP contribution >= 0.6 is 0 Å². The quantitative estimate of drug-likeness (QED) is 0.711. The fourth-order valence-corrected chi connectivity index (χ4v) is 1.73. The first-order chi connectivity index (χ1) is 7.93. The molecule has 0 N–H and O–H groups in total. The summed E-state index contributed by atoms with van der Waals surface area (Å²) >= 11 is 0. The van der Waals surface area contributed by atoms with Crippen molar-refractivity contribution in [2.75, 3.05) is 0 Å². The predicted octanol–water partition coefficient (Wildman–Crippen LogP) is 3.03. The number of alkyl halides is 3. The molecule has 1 aliphatic rings. The first-order valence-electron chi connectivity index (χ1n) is 4.81. The van der Waals surface area contributed by atoms with Crippen molar-refractivity contribution in [3.05, 3.63) is 29.3 Å². The van der Waals surface area contributed by atoms with Gasteiger partial charge in [0.05, 0.1) is 11.3 Å². The van der Waals surface area contributed by atoms with E-state index in [0.29, 0.717) is 6.29 Å². The molecule has 0 saturated heterocycles. The molecule has 1 aromatic carbocycles. The third kappa shape index (κ3) is 2.02. The highest BCUT2D eigenvalue weighted by Crippen LogP contribution is 2.41. The molecule has 0 aromatic heterocycles. The van der Waals surface area contributed by atoms with E-state index in [1.807, 2.05) is 0 Å². The molecule has 90 valence electrons. The summed E-state index contributed by atoms with van der Waals surface area (Å²) in [6.07, 6.45) is -5.44. The number of benzene rings is 1. The Balaban J connectivity index is 2.67. The molecule has 0 aliphatic carbocycles. The molecule has 17 heavy (non-hydrogen) atoms. The molecule has 1 atom stereocenters. The smallest absolute Gasteiger partial charge is 0.416 e. The van der Waals surface area contributed by atoms with Gasteiger partial charge < -0.3 is 4.74 Å². The van der Waals surface area contributed by atoms with Crippen molar-refractivity contribution in [2.45, 2.75) is 19.2 Å². The zero-order valence-corrected chi connectivity index (χ0v) is 8.78. The molecule has 1 aromatic rings. The summed E-state index contributed by atoms with van der Waals surface area (Å²) in [5, 5.41) is 0. The molecule has 1 aliphatic heterocycles. The summed E-state index contributed by atoms with van der Waals surface area (Å²) in [7, 11) is 0. The fourth-order valence-electron chi connectivity index (χ4n) is 1.73. The minimum absolute atomic E-state index is 0.126. The van der Waals surface area contributed by atoms with Gasteiger partial charge in [-0.05, 0) is 12.1 Å². The number of hydrogen-bond acceptors (Lipinski definition) is 3. The van der Waals surface area contributed by atoms with Crippen LogP contribution in [0.1, 0.15) is 24.2 Å². The van der Waals surface area contributed by atoms with Gasteiger partial charge in [0.1, 0.15) is 0 Å². The number of fused-ring (bicyclic) bond motifs is 1. The van der Waals surface area contributed by atoms with E-state index in [2.05, 4.69) is 4.99 Å². The first-order valence-corrected chi connectivity index (χ1v) is 4.81. The van der Waals surface area contributed by atoms with Gasteiger partial charge in [0.25, 0.3) is 0 Å². The van der Waals surface area contributed by atoms with Crippen LogP contribution < -0.4 is 0 Å². The Bertz CT molecular complexity index is 494. The van der Waals surface area contributed by atoms with Gasteiger partial charge in [-0.3, -0.25) is 4.79 Å². The molecule has 6 heteroatoms. The number of carbonyl (C=O) groups is 1. The molecule has 2 rings (SSSR count). The van der Waals surface area contributed by atoms with E-state index in [1.54, 1.807) is 0 Å². The van der Waals surface area contributed by atoms with Gasteiger partial charge in [-0.15, -0.1) is 0 Å². The van der Waals surface area contributed by atoms with Crippen LogP contribution in [-0.4, -0.2) is 12.2 Å². The van der Waals surface area contributed by atoms with E-state index in [-0.39, 0.29) is 17.1 Å². The van der Waals surface area contributed by atoms with E-state index in [9.17, 15) is 18.0 Å². The molecule has 0 saturated carbocycles. The van der Waals surface area contributed by atoms with Crippen molar-refractivity contribution in [2.24, 2.45) is 4.99 Å². The van der Waals surface area contributed by atoms with Crippen molar-refractivity contribution < 1.29 is 22.7 Å². The Morgan fingerprint density at radius 1 is 1.41 bits per heavy atom. The average molecular weight is 243 g/mol. The highest BCUT2D eigenvalue weighted by Gasteiger charge is 2.38. The van der Waals surface area contributed by atoms with E-state index in [4.69, 9.17) is 4.74 Å². The van der Waals surface area contributed by atoms with E-state index < -0.39 is 17.8 Å². The normalized spacial score (nSPS) is 19.1. The largest absolute Gasteiger partial charge is 0.465 e. The summed E-state index contributed by atoms with van der Waals surface area (Å²) < 4.78 is 43.3. The molecule has 0 amide bonds. The Kier molecular flexibility index (Phi) is 2.65. The van der Waals surface area contributed by atoms with E-state index in [0.717, 1.165) is 6.07 Å². The second kappa shape index (κ2) is 3.87. The second-order valence-corrected chi connectivity index (χ2v) is 3.54. The number of carbonyl (C=O) groups excluding carboxylic acids is 1. The van der Waals surface area contributed by atoms with Crippen molar-refractivity contribution in [3.8, 4) is 0 Å². The summed E-state index contributed by atoms with van der Waals surface area (Å²) in [5.41, 5.74) is -0.982. The van der Waals surface area contributed by atoms with Crippen molar-refractivity contribution in [3.63, 3.8) is 0 Å². The fraction of sp³-hybridized carbons (Fsp3) is 0.273. The Morgan fingerprint density at radius 3 is 2.71 bits per heavy atom. The van der Waals surface area contributed by atoms with Crippen LogP contribution in [0.3, 0.4) is 0 Å². The van der Waals surface area contributed by atoms with Crippen molar-refractivity contribution in [1.29, 1.82) is 0 Å². The van der Waals surface area contributed by atoms with Gasteiger partial charge in [-0.1, -0.05) is 6.07 Å². The zero-order valence-electron chi connectivity index (χ0n) is 8.78. The Labute approximate surface area is 94.9 Å². The maximum atomic E-state index is 12.8. The highest BCUT2D eigenvalue weighted by molar-refractivity contribution is 5.84.